The molecule has 3 aromatic rings. The molecule has 0 aromatic heterocycles. The molecule has 3 heteroatoms. The van der Waals surface area contributed by atoms with Crippen molar-refractivity contribution in [1.29, 1.82) is 0 Å². The first-order valence-corrected chi connectivity index (χ1v) is 9.04. The monoisotopic (exact) mass is 340 g/mol. The van der Waals surface area contributed by atoms with Gasteiger partial charge in [0.25, 0.3) is 5.91 Å². The second-order valence-electron chi connectivity index (χ2n) is 7.08. The summed E-state index contributed by atoms with van der Waals surface area (Å²) < 4.78 is 0. The van der Waals surface area contributed by atoms with Gasteiger partial charge in [0.15, 0.2) is 0 Å². The van der Waals surface area contributed by atoms with E-state index < -0.39 is 5.66 Å². The molecule has 3 aromatic carbocycles. The van der Waals surface area contributed by atoms with Crippen molar-refractivity contribution in [2.75, 3.05) is 13.1 Å². The van der Waals surface area contributed by atoms with Crippen molar-refractivity contribution < 1.29 is 4.79 Å². The van der Waals surface area contributed by atoms with Gasteiger partial charge in [0.2, 0.25) is 0 Å². The Labute approximate surface area is 153 Å². The molecule has 3 nitrogen and oxygen atoms in total. The molecule has 2 heterocycles. The summed E-state index contributed by atoms with van der Waals surface area (Å²) >= 11 is 0. The summed E-state index contributed by atoms with van der Waals surface area (Å²) in [7, 11) is 0. The zero-order valence-corrected chi connectivity index (χ0v) is 14.7. The van der Waals surface area contributed by atoms with E-state index in [9.17, 15) is 4.79 Å². The predicted molar refractivity (Wildman–Crippen MR) is 103 cm³/mol. The second kappa shape index (κ2) is 5.55. The van der Waals surface area contributed by atoms with Crippen LogP contribution in [0.25, 0.3) is 11.1 Å². The lowest BCUT2D eigenvalue weighted by atomic mass is 9.90. The number of fused-ring (bicyclic) bond motifs is 3. The fourth-order valence-electron chi connectivity index (χ4n) is 4.30. The largest absolute Gasteiger partial charge is 0.311 e. The fraction of sp³-hybridized carbons (Fsp3) is 0.174. The van der Waals surface area contributed by atoms with Crippen LogP contribution in [0.1, 0.15) is 27.0 Å². The third kappa shape index (κ3) is 2.01. The minimum Gasteiger partial charge on any atom is -0.311 e. The van der Waals surface area contributed by atoms with Crippen LogP contribution in [0.4, 0.5) is 0 Å². The van der Waals surface area contributed by atoms with E-state index in [0.29, 0.717) is 0 Å². The molecule has 1 atom stereocenters. The molecule has 0 radical (unpaired) electrons. The maximum atomic E-state index is 12.9. The van der Waals surface area contributed by atoms with Crippen LogP contribution >= 0.6 is 0 Å². The number of rotatable bonds is 2. The van der Waals surface area contributed by atoms with Crippen LogP contribution in [0.2, 0.25) is 0 Å². The highest BCUT2D eigenvalue weighted by Gasteiger charge is 2.53. The first-order chi connectivity index (χ1) is 12.7. The SMILES string of the molecule is Cc1ccc(-c2ccc(C34NCCN3C(=O)c3ccccc34)cc2)cc1. The Bertz CT molecular complexity index is 991. The molecule has 0 bridgehead atoms. The first kappa shape index (κ1) is 15.4. The van der Waals surface area contributed by atoms with Crippen molar-refractivity contribution in [1.82, 2.24) is 10.2 Å². The summed E-state index contributed by atoms with van der Waals surface area (Å²) in [5, 5.41) is 3.61. The van der Waals surface area contributed by atoms with Gasteiger partial charge in [-0.25, -0.2) is 0 Å². The van der Waals surface area contributed by atoms with E-state index in [1.165, 1.54) is 16.7 Å². The van der Waals surface area contributed by atoms with Crippen LogP contribution < -0.4 is 5.32 Å². The summed E-state index contributed by atoms with van der Waals surface area (Å²) in [4.78, 5) is 14.8. The van der Waals surface area contributed by atoms with Gasteiger partial charge < -0.3 is 4.90 Å². The summed E-state index contributed by atoms with van der Waals surface area (Å²) in [5.74, 6) is 0.119. The Morgan fingerprint density at radius 1 is 0.885 bits per heavy atom. The number of amides is 1. The van der Waals surface area contributed by atoms with E-state index >= 15 is 0 Å². The third-order valence-corrected chi connectivity index (χ3v) is 5.60. The highest BCUT2D eigenvalue weighted by molar-refractivity contribution is 6.01. The van der Waals surface area contributed by atoms with Gasteiger partial charge in [0.05, 0.1) is 0 Å². The maximum Gasteiger partial charge on any atom is 0.256 e. The molecule has 0 spiro atoms. The number of carbonyl (C=O) groups excluding carboxylic acids is 1. The molecular formula is C23H20N2O. The second-order valence-corrected chi connectivity index (χ2v) is 7.08. The van der Waals surface area contributed by atoms with E-state index in [0.717, 1.165) is 29.8 Å². The Balaban J connectivity index is 1.61. The van der Waals surface area contributed by atoms with E-state index in [-0.39, 0.29) is 5.91 Å². The van der Waals surface area contributed by atoms with Crippen LogP contribution in [0.3, 0.4) is 0 Å². The predicted octanol–water partition coefficient (Wildman–Crippen LogP) is 3.92. The van der Waals surface area contributed by atoms with Crippen molar-refractivity contribution in [3.63, 3.8) is 0 Å². The number of nitrogens with zero attached hydrogens (tertiary/aromatic N) is 1. The molecule has 2 aliphatic heterocycles. The Morgan fingerprint density at radius 2 is 1.54 bits per heavy atom. The molecule has 0 aliphatic carbocycles. The zero-order valence-electron chi connectivity index (χ0n) is 14.7. The molecule has 5 rings (SSSR count). The fourth-order valence-corrected chi connectivity index (χ4v) is 4.30. The molecule has 1 N–H and O–H groups in total. The van der Waals surface area contributed by atoms with Gasteiger partial charge in [-0.05, 0) is 29.7 Å². The zero-order chi connectivity index (χ0) is 17.7. The maximum absolute atomic E-state index is 12.9. The van der Waals surface area contributed by atoms with Crippen LogP contribution in [0.15, 0.2) is 72.8 Å². The van der Waals surface area contributed by atoms with E-state index in [4.69, 9.17) is 0 Å². The molecule has 1 saturated heterocycles. The molecule has 2 aliphatic rings. The molecular weight excluding hydrogens is 320 g/mol. The standard InChI is InChI=1S/C23H20N2O/c1-16-6-8-17(9-7-16)18-10-12-19(13-11-18)23-21-5-3-2-4-20(21)22(26)25(23)15-14-24-23/h2-13,24H,14-15H2,1H3. The van der Waals surface area contributed by atoms with Crippen LogP contribution in [-0.2, 0) is 5.66 Å². The van der Waals surface area contributed by atoms with Crippen molar-refractivity contribution in [3.8, 4) is 11.1 Å². The molecule has 128 valence electrons. The molecule has 1 fully saturated rings. The lowest BCUT2D eigenvalue weighted by Gasteiger charge is -2.33. The molecule has 1 amide bonds. The van der Waals surface area contributed by atoms with Crippen LogP contribution in [0, 0.1) is 6.92 Å². The number of hydrogen-bond donors (Lipinski definition) is 1. The lowest BCUT2D eigenvalue weighted by molar-refractivity contribution is 0.0694. The van der Waals surface area contributed by atoms with E-state index in [2.05, 4.69) is 66.8 Å². The summed E-state index contributed by atoms with van der Waals surface area (Å²) in [6.07, 6.45) is 0. The minimum atomic E-state index is -0.528. The van der Waals surface area contributed by atoms with Crippen LogP contribution in [0.5, 0.6) is 0 Å². The number of hydrogen-bond acceptors (Lipinski definition) is 2. The Hall–Kier alpha value is -2.91. The smallest absolute Gasteiger partial charge is 0.256 e. The Morgan fingerprint density at radius 3 is 2.27 bits per heavy atom. The number of benzene rings is 3. The molecule has 0 saturated carbocycles. The van der Waals surface area contributed by atoms with Gasteiger partial charge in [-0.2, -0.15) is 0 Å². The Kier molecular flexibility index (Phi) is 3.28. The van der Waals surface area contributed by atoms with Gasteiger partial charge in [0, 0.05) is 24.2 Å². The average molecular weight is 340 g/mol. The topological polar surface area (TPSA) is 32.3 Å². The summed E-state index contributed by atoms with van der Waals surface area (Å²) in [6.45, 7) is 3.63. The van der Waals surface area contributed by atoms with Gasteiger partial charge in [-0.15, -0.1) is 0 Å². The summed E-state index contributed by atoms with van der Waals surface area (Å²) in [6, 6.07) is 25.1. The van der Waals surface area contributed by atoms with E-state index in [1.807, 2.05) is 23.1 Å². The quantitative estimate of drug-likeness (QED) is 0.767. The third-order valence-electron chi connectivity index (χ3n) is 5.60. The van der Waals surface area contributed by atoms with E-state index in [1.54, 1.807) is 0 Å². The van der Waals surface area contributed by atoms with Crippen molar-refractivity contribution in [2.24, 2.45) is 0 Å². The van der Waals surface area contributed by atoms with Gasteiger partial charge in [-0.3, -0.25) is 10.1 Å². The van der Waals surface area contributed by atoms with Crippen LogP contribution in [-0.4, -0.2) is 23.9 Å². The van der Waals surface area contributed by atoms with Gasteiger partial charge in [0.1, 0.15) is 5.66 Å². The minimum absolute atomic E-state index is 0.119. The first-order valence-electron chi connectivity index (χ1n) is 9.04. The molecule has 26 heavy (non-hydrogen) atoms. The van der Waals surface area contributed by atoms with Crippen molar-refractivity contribution in [2.45, 2.75) is 12.6 Å². The van der Waals surface area contributed by atoms with Crippen molar-refractivity contribution in [3.05, 3.63) is 95.1 Å². The number of aryl methyl sites for hydroxylation is 1. The van der Waals surface area contributed by atoms with Gasteiger partial charge in [-0.1, -0.05) is 72.3 Å². The average Bonchev–Trinajstić information content (AvgIpc) is 3.22. The summed E-state index contributed by atoms with van der Waals surface area (Å²) in [5.41, 5.74) is 6.11. The normalized spacial score (nSPS) is 21.0. The highest BCUT2D eigenvalue weighted by Crippen LogP contribution is 2.44. The highest BCUT2D eigenvalue weighted by atomic mass is 16.2. The number of carbonyl (C=O) groups is 1. The van der Waals surface area contributed by atoms with Gasteiger partial charge >= 0.3 is 0 Å². The van der Waals surface area contributed by atoms with Crippen molar-refractivity contribution >= 4 is 5.91 Å². The number of nitrogens with one attached hydrogen (secondary N) is 1. The molecule has 1 unspecified atom stereocenters. The lowest BCUT2D eigenvalue weighted by Crippen LogP contribution is -2.46.